The predicted octanol–water partition coefficient (Wildman–Crippen LogP) is 4.29. The van der Waals surface area contributed by atoms with Crippen molar-refractivity contribution < 1.29 is 0 Å². The number of benzene rings is 2. The Kier molecular flexibility index (Phi) is 5.42. The molecule has 5 heteroatoms. The predicted molar refractivity (Wildman–Crippen MR) is 116 cm³/mol. The van der Waals surface area contributed by atoms with Crippen LogP contribution in [0.15, 0.2) is 67.0 Å². The molecule has 0 bridgehead atoms. The van der Waals surface area contributed by atoms with Crippen LogP contribution in [0.25, 0.3) is 0 Å². The van der Waals surface area contributed by atoms with Crippen molar-refractivity contribution in [1.29, 1.82) is 0 Å². The van der Waals surface area contributed by atoms with Gasteiger partial charge in [-0.05, 0) is 42.9 Å². The first-order valence-electron chi connectivity index (χ1n) is 9.90. The maximum absolute atomic E-state index is 6.50. The van der Waals surface area contributed by atoms with E-state index in [1.54, 1.807) is 6.33 Å². The van der Waals surface area contributed by atoms with Crippen LogP contribution in [-0.2, 0) is 6.42 Å². The molecular formula is C23H27N5. The third-order valence-electron chi connectivity index (χ3n) is 5.58. The molecule has 2 heterocycles. The number of anilines is 4. The van der Waals surface area contributed by atoms with Crippen molar-refractivity contribution in [3.8, 4) is 0 Å². The van der Waals surface area contributed by atoms with E-state index in [0.717, 1.165) is 49.7 Å². The molecule has 2 N–H and O–H groups in total. The highest BCUT2D eigenvalue weighted by atomic mass is 15.2. The Morgan fingerprint density at radius 3 is 2.29 bits per heavy atom. The Hall–Kier alpha value is -3.08. The smallest absolute Gasteiger partial charge is 0.161 e. The Morgan fingerprint density at radius 2 is 1.61 bits per heavy atom. The van der Waals surface area contributed by atoms with E-state index in [4.69, 9.17) is 5.73 Å². The zero-order chi connectivity index (χ0) is 19.3. The minimum Gasteiger partial charge on any atom is -0.393 e. The molecule has 1 aromatic heterocycles. The highest BCUT2D eigenvalue weighted by molar-refractivity contribution is 5.79. The maximum Gasteiger partial charge on any atom is 0.161 e. The van der Waals surface area contributed by atoms with E-state index in [9.17, 15) is 0 Å². The molecule has 3 aromatic rings. The number of nitrogens with zero attached hydrogens (tertiary/aromatic N) is 4. The summed E-state index contributed by atoms with van der Waals surface area (Å²) in [4.78, 5) is 13.3. The van der Waals surface area contributed by atoms with Gasteiger partial charge in [-0.3, -0.25) is 0 Å². The first kappa shape index (κ1) is 18.3. The average Bonchev–Trinajstić information content (AvgIpc) is 2.75. The van der Waals surface area contributed by atoms with Crippen LogP contribution in [0.4, 0.5) is 23.0 Å². The van der Waals surface area contributed by atoms with Gasteiger partial charge in [-0.25, -0.2) is 9.97 Å². The second-order valence-electron chi connectivity index (χ2n) is 7.45. The number of aromatic nitrogens is 2. The van der Waals surface area contributed by atoms with Gasteiger partial charge >= 0.3 is 0 Å². The zero-order valence-electron chi connectivity index (χ0n) is 16.3. The molecule has 28 heavy (non-hydrogen) atoms. The summed E-state index contributed by atoms with van der Waals surface area (Å²) < 4.78 is 0. The van der Waals surface area contributed by atoms with E-state index in [-0.39, 0.29) is 0 Å². The van der Waals surface area contributed by atoms with Crippen molar-refractivity contribution >= 4 is 23.0 Å². The van der Waals surface area contributed by atoms with Gasteiger partial charge in [0.1, 0.15) is 12.0 Å². The molecule has 1 aliphatic heterocycles. The average molecular weight is 374 g/mol. The number of nitrogen functional groups attached to an aromatic ring is 1. The van der Waals surface area contributed by atoms with Crippen LogP contribution in [0.5, 0.6) is 0 Å². The van der Waals surface area contributed by atoms with Crippen molar-refractivity contribution in [2.45, 2.75) is 19.3 Å². The summed E-state index contributed by atoms with van der Waals surface area (Å²) in [5.41, 5.74) is 9.63. The van der Waals surface area contributed by atoms with E-state index < -0.39 is 0 Å². The third-order valence-corrected chi connectivity index (χ3v) is 5.58. The first-order valence-corrected chi connectivity index (χ1v) is 9.90. The lowest BCUT2D eigenvalue weighted by Crippen LogP contribution is -2.35. The van der Waals surface area contributed by atoms with Gasteiger partial charge < -0.3 is 15.5 Å². The van der Waals surface area contributed by atoms with Crippen molar-refractivity contribution in [3.05, 3.63) is 72.6 Å². The first-order chi connectivity index (χ1) is 13.7. The normalized spacial score (nSPS) is 14.8. The lowest BCUT2D eigenvalue weighted by atomic mass is 9.90. The summed E-state index contributed by atoms with van der Waals surface area (Å²) in [7, 11) is 1.99. The standard InChI is InChI=1S/C23H27N5/c1-27(20-10-6-3-7-11-20)22-21(24)23(26-17-25-22)28-14-12-19(13-15-28)16-18-8-4-2-5-9-18/h2-11,17,19H,12-16,24H2,1H3. The summed E-state index contributed by atoms with van der Waals surface area (Å²) >= 11 is 0. The van der Waals surface area contributed by atoms with Gasteiger partial charge in [0.2, 0.25) is 0 Å². The molecule has 0 spiro atoms. The second kappa shape index (κ2) is 8.30. The molecule has 4 rings (SSSR count). The summed E-state index contributed by atoms with van der Waals surface area (Å²) in [5, 5.41) is 0. The summed E-state index contributed by atoms with van der Waals surface area (Å²) in [6, 6.07) is 20.9. The Morgan fingerprint density at radius 1 is 0.964 bits per heavy atom. The van der Waals surface area contributed by atoms with Crippen LogP contribution in [0.2, 0.25) is 0 Å². The van der Waals surface area contributed by atoms with Crippen molar-refractivity contribution in [2.24, 2.45) is 5.92 Å². The van der Waals surface area contributed by atoms with Crippen LogP contribution >= 0.6 is 0 Å². The van der Waals surface area contributed by atoms with Gasteiger partial charge in [0.05, 0.1) is 0 Å². The van der Waals surface area contributed by atoms with Gasteiger partial charge in [-0.1, -0.05) is 48.5 Å². The minimum absolute atomic E-state index is 0.648. The van der Waals surface area contributed by atoms with Gasteiger partial charge in [-0.15, -0.1) is 0 Å². The van der Waals surface area contributed by atoms with E-state index in [2.05, 4.69) is 57.3 Å². The van der Waals surface area contributed by atoms with Crippen molar-refractivity contribution in [3.63, 3.8) is 0 Å². The SMILES string of the molecule is CN(c1ccccc1)c1ncnc(N2CCC(Cc3ccccc3)CC2)c1N. The molecule has 0 saturated carbocycles. The second-order valence-corrected chi connectivity index (χ2v) is 7.45. The monoisotopic (exact) mass is 373 g/mol. The van der Waals surface area contributed by atoms with E-state index in [1.165, 1.54) is 5.56 Å². The number of piperidine rings is 1. The van der Waals surface area contributed by atoms with Crippen LogP contribution in [-0.4, -0.2) is 30.1 Å². The summed E-state index contributed by atoms with van der Waals surface area (Å²) in [5.74, 6) is 2.32. The molecule has 0 aliphatic carbocycles. The fourth-order valence-electron chi connectivity index (χ4n) is 3.97. The molecule has 2 aromatic carbocycles. The topological polar surface area (TPSA) is 58.3 Å². The Bertz CT molecular complexity index is 889. The van der Waals surface area contributed by atoms with Crippen LogP contribution in [0.3, 0.4) is 0 Å². The summed E-state index contributed by atoms with van der Waals surface area (Å²) in [6.07, 6.45) is 5.08. The van der Waals surface area contributed by atoms with Gasteiger partial charge in [0.25, 0.3) is 0 Å². The maximum atomic E-state index is 6.50. The lowest BCUT2D eigenvalue weighted by molar-refractivity contribution is 0.402. The zero-order valence-corrected chi connectivity index (χ0v) is 16.3. The lowest BCUT2D eigenvalue weighted by Gasteiger charge is -2.34. The number of hydrogen-bond acceptors (Lipinski definition) is 5. The highest BCUT2D eigenvalue weighted by Gasteiger charge is 2.24. The number of nitrogens with two attached hydrogens (primary N) is 1. The van der Waals surface area contributed by atoms with Gasteiger partial charge in [0, 0.05) is 25.8 Å². The summed E-state index contributed by atoms with van der Waals surface area (Å²) in [6.45, 7) is 1.96. The molecule has 1 fully saturated rings. The van der Waals surface area contributed by atoms with Crippen LogP contribution in [0.1, 0.15) is 18.4 Å². The Balaban J connectivity index is 1.45. The van der Waals surface area contributed by atoms with E-state index in [0.29, 0.717) is 11.6 Å². The largest absolute Gasteiger partial charge is 0.393 e. The minimum atomic E-state index is 0.648. The van der Waals surface area contributed by atoms with Crippen molar-refractivity contribution in [2.75, 3.05) is 35.7 Å². The fraction of sp³-hybridized carbons (Fsp3) is 0.304. The molecule has 1 saturated heterocycles. The number of para-hydroxylation sites is 1. The number of hydrogen-bond donors (Lipinski definition) is 1. The molecule has 144 valence electrons. The third kappa shape index (κ3) is 3.93. The molecule has 0 amide bonds. The fourth-order valence-corrected chi connectivity index (χ4v) is 3.97. The van der Waals surface area contributed by atoms with Gasteiger partial charge in [0.15, 0.2) is 11.6 Å². The number of rotatable bonds is 5. The van der Waals surface area contributed by atoms with E-state index >= 15 is 0 Å². The molecular weight excluding hydrogens is 346 g/mol. The molecule has 0 radical (unpaired) electrons. The Labute approximate surface area is 166 Å². The molecule has 0 unspecified atom stereocenters. The molecule has 0 atom stereocenters. The van der Waals surface area contributed by atoms with Gasteiger partial charge in [-0.2, -0.15) is 0 Å². The molecule has 5 nitrogen and oxygen atoms in total. The highest BCUT2D eigenvalue weighted by Crippen LogP contribution is 2.34. The van der Waals surface area contributed by atoms with Crippen LogP contribution < -0.4 is 15.5 Å². The van der Waals surface area contributed by atoms with E-state index in [1.807, 2.05) is 30.1 Å². The quantitative estimate of drug-likeness (QED) is 0.723. The molecule has 1 aliphatic rings. The van der Waals surface area contributed by atoms with Crippen molar-refractivity contribution in [1.82, 2.24) is 9.97 Å². The van der Waals surface area contributed by atoms with Crippen LogP contribution in [0, 0.1) is 5.92 Å².